The molecule has 20 heavy (non-hydrogen) atoms. The zero-order valence-electron chi connectivity index (χ0n) is 11.4. The molecule has 0 aliphatic heterocycles. The molecular weight excluding hydrogens is 274 g/mol. The topological polar surface area (TPSA) is 171 Å². The number of ether oxygens (including phenoxy) is 1. The van der Waals surface area contributed by atoms with Crippen LogP contribution in [0.2, 0.25) is 0 Å². The minimum Gasteiger partial charge on any atom is -0.463 e. The third-order valence-electron chi connectivity index (χ3n) is 1.97. The Morgan fingerprint density at radius 2 is 1.60 bits per heavy atom. The number of aliphatic hydroxyl groups excluding tert-OH is 5. The number of ketones is 1. The highest BCUT2D eigenvalue weighted by Crippen LogP contribution is 2.00. The maximum atomic E-state index is 10.9. The highest BCUT2D eigenvalue weighted by molar-refractivity contribution is 5.94. The predicted octanol–water partition coefficient (Wildman–Crippen LogP) is -3.48. The average Bonchev–Trinajstić information content (AvgIpc) is 2.43. The number of aliphatic hydroxyl groups is 5. The van der Waals surface area contributed by atoms with Gasteiger partial charge in [-0.05, 0) is 6.92 Å². The first kappa shape index (κ1) is 21.2. The molecule has 0 fully saturated rings. The van der Waals surface area contributed by atoms with E-state index >= 15 is 0 Å². The van der Waals surface area contributed by atoms with Crippen molar-refractivity contribution in [3.8, 4) is 0 Å². The highest BCUT2D eigenvalue weighted by Gasteiger charge is 2.25. The van der Waals surface area contributed by atoms with Gasteiger partial charge in [0.05, 0.1) is 32.0 Å². The van der Waals surface area contributed by atoms with Gasteiger partial charge < -0.3 is 36.0 Å². The van der Waals surface area contributed by atoms with Gasteiger partial charge in [0.2, 0.25) is 0 Å². The fourth-order valence-corrected chi connectivity index (χ4v) is 0.678. The normalized spacial score (nSPS) is 10.8. The van der Waals surface area contributed by atoms with Crippen molar-refractivity contribution in [2.24, 2.45) is 5.73 Å². The quantitative estimate of drug-likeness (QED) is 0.196. The molecule has 120 valence electrons. The number of carbonyl (C=O) groups excluding carboxylic acids is 2. The van der Waals surface area contributed by atoms with Crippen molar-refractivity contribution in [3.05, 3.63) is 0 Å². The molecule has 0 aromatic heterocycles. The van der Waals surface area contributed by atoms with Crippen LogP contribution in [0.3, 0.4) is 0 Å². The molecule has 9 nitrogen and oxygen atoms in total. The summed E-state index contributed by atoms with van der Waals surface area (Å²) in [5, 5.41) is 41.5. The molecule has 0 atom stereocenters. The Bertz CT molecular complexity index is 276. The summed E-state index contributed by atoms with van der Waals surface area (Å²) in [6.45, 7) is -0.790. The average molecular weight is 297 g/mol. The second kappa shape index (κ2) is 11.7. The summed E-state index contributed by atoms with van der Waals surface area (Å²) < 4.78 is 4.60. The first-order chi connectivity index (χ1) is 9.24. The van der Waals surface area contributed by atoms with Crippen molar-refractivity contribution < 1.29 is 39.9 Å². The van der Waals surface area contributed by atoms with Gasteiger partial charge in [-0.3, -0.25) is 9.59 Å². The molecule has 0 aromatic carbocycles. The summed E-state index contributed by atoms with van der Waals surface area (Å²) in [5.41, 5.74) is 4.07. The molecule has 0 rings (SSSR count). The van der Waals surface area contributed by atoms with Gasteiger partial charge in [0.1, 0.15) is 24.9 Å². The lowest BCUT2D eigenvalue weighted by Gasteiger charge is -2.23. The second-order valence-corrected chi connectivity index (χ2v) is 4.24. The fraction of sp³-hybridized carbons (Fsp3) is 0.818. The fourth-order valence-electron chi connectivity index (χ4n) is 0.678. The number of carbonyl (C=O) groups is 2. The monoisotopic (exact) mass is 297 g/mol. The van der Waals surface area contributed by atoms with Crippen molar-refractivity contribution >= 4 is 11.8 Å². The summed E-state index contributed by atoms with van der Waals surface area (Å²) in [5.74, 6) is -1.03. The summed E-state index contributed by atoms with van der Waals surface area (Å²) >= 11 is 0. The van der Waals surface area contributed by atoms with Crippen LogP contribution in [0.25, 0.3) is 0 Å². The standard InChI is InChI=1S/C8H15NO5.C3H8O3/c1-6(12)2-7(13)14-5-8(9,3-10)4-11;4-1-3(6)2-5/h10-11H,2-5,9H2,1H3;3-6H,1-2H2. The summed E-state index contributed by atoms with van der Waals surface area (Å²) in [6, 6.07) is 0. The molecule has 9 heteroatoms. The van der Waals surface area contributed by atoms with Crippen LogP contribution in [0.15, 0.2) is 0 Å². The molecule has 0 unspecified atom stereocenters. The van der Waals surface area contributed by atoms with E-state index in [1.807, 2.05) is 0 Å². The van der Waals surface area contributed by atoms with Crippen LogP contribution in [-0.4, -0.2) is 82.0 Å². The smallest absolute Gasteiger partial charge is 0.313 e. The molecule has 0 aliphatic carbocycles. The van der Waals surface area contributed by atoms with Gasteiger partial charge in [0.15, 0.2) is 0 Å². The van der Waals surface area contributed by atoms with Crippen LogP contribution in [0.4, 0.5) is 0 Å². The Labute approximate surface area is 116 Å². The van der Waals surface area contributed by atoms with Gasteiger partial charge >= 0.3 is 5.97 Å². The van der Waals surface area contributed by atoms with E-state index in [1.165, 1.54) is 6.92 Å². The molecule has 0 saturated carbocycles. The number of rotatable bonds is 8. The number of hydrogen-bond donors (Lipinski definition) is 6. The van der Waals surface area contributed by atoms with Gasteiger partial charge in [0, 0.05) is 0 Å². The minimum atomic E-state index is -1.34. The van der Waals surface area contributed by atoms with Crippen LogP contribution >= 0.6 is 0 Å². The maximum absolute atomic E-state index is 10.9. The molecule has 0 saturated heterocycles. The first-order valence-corrected chi connectivity index (χ1v) is 5.80. The van der Waals surface area contributed by atoms with Gasteiger partial charge in [-0.1, -0.05) is 0 Å². The van der Waals surface area contributed by atoms with Crippen LogP contribution < -0.4 is 5.73 Å². The third-order valence-corrected chi connectivity index (χ3v) is 1.97. The van der Waals surface area contributed by atoms with Gasteiger partial charge in [-0.15, -0.1) is 0 Å². The lowest BCUT2D eigenvalue weighted by atomic mass is 10.1. The van der Waals surface area contributed by atoms with Crippen molar-refractivity contribution in [1.82, 2.24) is 0 Å². The van der Waals surface area contributed by atoms with Crippen LogP contribution in [-0.2, 0) is 14.3 Å². The van der Waals surface area contributed by atoms with Crippen molar-refractivity contribution in [3.63, 3.8) is 0 Å². The zero-order valence-corrected chi connectivity index (χ0v) is 11.4. The number of hydrogen-bond acceptors (Lipinski definition) is 9. The van der Waals surface area contributed by atoms with E-state index in [4.69, 9.17) is 31.3 Å². The molecule has 0 spiro atoms. The van der Waals surface area contributed by atoms with Gasteiger partial charge in [0.25, 0.3) is 0 Å². The van der Waals surface area contributed by atoms with E-state index in [-0.39, 0.29) is 32.0 Å². The lowest BCUT2D eigenvalue weighted by Crippen LogP contribution is -2.51. The molecule has 0 heterocycles. The number of nitrogens with two attached hydrogens (primary N) is 1. The SMILES string of the molecule is CC(=O)CC(=O)OCC(N)(CO)CO.OCC(O)CO. The Balaban J connectivity index is 0. The number of Topliss-reactive ketones (excluding diaryl/α,β-unsaturated/α-hetero) is 1. The van der Waals surface area contributed by atoms with Gasteiger partial charge in [-0.25, -0.2) is 0 Å². The second-order valence-electron chi connectivity index (χ2n) is 4.24. The Hall–Kier alpha value is -1.10. The van der Waals surface area contributed by atoms with E-state index < -0.39 is 30.8 Å². The van der Waals surface area contributed by atoms with E-state index in [0.29, 0.717) is 0 Å². The first-order valence-electron chi connectivity index (χ1n) is 5.80. The Morgan fingerprint density at radius 3 is 1.85 bits per heavy atom. The van der Waals surface area contributed by atoms with Crippen molar-refractivity contribution in [1.29, 1.82) is 0 Å². The van der Waals surface area contributed by atoms with Gasteiger partial charge in [-0.2, -0.15) is 0 Å². The van der Waals surface area contributed by atoms with E-state index in [9.17, 15) is 9.59 Å². The molecule has 7 N–H and O–H groups in total. The molecule has 0 bridgehead atoms. The predicted molar refractivity (Wildman–Crippen MR) is 67.5 cm³/mol. The Kier molecular flexibility index (Phi) is 12.4. The summed E-state index contributed by atoms with van der Waals surface area (Å²) in [4.78, 5) is 21.4. The van der Waals surface area contributed by atoms with Crippen molar-refractivity contribution in [2.75, 3.05) is 33.0 Å². The Morgan fingerprint density at radius 1 is 1.15 bits per heavy atom. The summed E-state index contributed by atoms with van der Waals surface area (Å²) in [6.07, 6.45) is -1.28. The minimum absolute atomic E-state index is 0.313. The third kappa shape index (κ3) is 12.0. The van der Waals surface area contributed by atoms with E-state index in [1.54, 1.807) is 0 Å². The molecule has 0 aromatic rings. The molecular formula is C11H23NO8. The zero-order chi connectivity index (χ0) is 16.2. The van der Waals surface area contributed by atoms with Crippen LogP contribution in [0.5, 0.6) is 0 Å². The summed E-state index contributed by atoms with van der Waals surface area (Å²) in [7, 11) is 0. The molecule has 0 aliphatic rings. The van der Waals surface area contributed by atoms with E-state index in [2.05, 4.69) is 4.74 Å². The van der Waals surface area contributed by atoms with Crippen LogP contribution in [0, 0.1) is 0 Å². The lowest BCUT2D eigenvalue weighted by molar-refractivity contribution is -0.148. The van der Waals surface area contributed by atoms with Crippen LogP contribution in [0.1, 0.15) is 13.3 Å². The highest BCUT2D eigenvalue weighted by atomic mass is 16.5. The molecule has 0 radical (unpaired) electrons. The van der Waals surface area contributed by atoms with E-state index in [0.717, 1.165) is 0 Å². The van der Waals surface area contributed by atoms with Crippen molar-refractivity contribution in [2.45, 2.75) is 25.0 Å². The number of esters is 1. The molecule has 0 amide bonds. The largest absolute Gasteiger partial charge is 0.463 e. The maximum Gasteiger partial charge on any atom is 0.313 e.